The second-order valence-electron chi connectivity index (χ2n) is 3.92. The molecule has 5 heteroatoms. The zero-order valence-electron chi connectivity index (χ0n) is 10.3. The first-order chi connectivity index (χ1) is 8.63. The maximum Gasteiger partial charge on any atom is 0.309 e. The van der Waals surface area contributed by atoms with Gasteiger partial charge in [0.25, 0.3) is 0 Å². The van der Waals surface area contributed by atoms with E-state index in [0.717, 1.165) is 18.4 Å². The number of halogens is 1. The van der Waals surface area contributed by atoms with E-state index in [2.05, 4.69) is 10.6 Å². The lowest BCUT2D eigenvalue weighted by Crippen LogP contribution is -2.39. The van der Waals surface area contributed by atoms with Gasteiger partial charge in [0.05, 0.1) is 0 Å². The Hall–Kier alpha value is -1.91. The molecule has 2 amide bonds. The Morgan fingerprint density at radius 1 is 1.11 bits per heavy atom. The van der Waals surface area contributed by atoms with Gasteiger partial charge >= 0.3 is 11.8 Å². The molecule has 0 radical (unpaired) electrons. The van der Waals surface area contributed by atoms with Gasteiger partial charge in [0.1, 0.15) is 5.82 Å². The number of amides is 2. The smallest absolute Gasteiger partial charge is 0.309 e. The van der Waals surface area contributed by atoms with Crippen LogP contribution in [0.25, 0.3) is 0 Å². The molecule has 0 heterocycles. The average Bonchev–Trinajstić information content (AvgIpc) is 2.38. The van der Waals surface area contributed by atoms with Crippen LogP contribution in [0.2, 0.25) is 0 Å². The van der Waals surface area contributed by atoms with Gasteiger partial charge in [0.2, 0.25) is 0 Å². The Balaban J connectivity index is 2.32. The van der Waals surface area contributed by atoms with Crippen LogP contribution in [0.3, 0.4) is 0 Å². The molecule has 18 heavy (non-hydrogen) atoms. The Kier molecular flexibility index (Phi) is 5.84. The Morgan fingerprint density at radius 3 is 2.33 bits per heavy atom. The van der Waals surface area contributed by atoms with Crippen molar-refractivity contribution in [3.8, 4) is 0 Å². The summed E-state index contributed by atoms with van der Waals surface area (Å²) in [7, 11) is 0. The molecule has 0 aromatic heterocycles. The number of carbonyl (C=O) groups excluding carboxylic acids is 2. The summed E-state index contributed by atoms with van der Waals surface area (Å²) in [6, 6.07) is 5.74. The maximum absolute atomic E-state index is 12.6. The first-order valence-electron chi connectivity index (χ1n) is 5.94. The zero-order valence-corrected chi connectivity index (χ0v) is 10.3. The maximum atomic E-state index is 12.6. The number of hydrogen-bond donors (Lipinski definition) is 2. The predicted octanol–water partition coefficient (Wildman–Crippen LogP) is 1.36. The summed E-state index contributed by atoms with van der Waals surface area (Å²) in [4.78, 5) is 22.7. The third kappa shape index (κ3) is 4.95. The highest BCUT2D eigenvalue weighted by Gasteiger charge is 2.11. The first-order valence-corrected chi connectivity index (χ1v) is 5.94. The summed E-state index contributed by atoms with van der Waals surface area (Å²) in [5.74, 6) is -1.64. The molecule has 2 N–H and O–H groups in total. The van der Waals surface area contributed by atoms with Crippen molar-refractivity contribution in [1.82, 2.24) is 10.6 Å². The van der Waals surface area contributed by atoms with E-state index in [4.69, 9.17) is 0 Å². The average molecular weight is 252 g/mol. The normalized spacial score (nSPS) is 9.89. The summed E-state index contributed by atoms with van der Waals surface area (Å²) in [5, 5.41) is 4.99. The number of carbonyl (C=O) groups is 2. The van der Waals surface area contributed by atoms with Crippen LogP contribution in [-0.4, -0.2) is 18.4 Å². The Labute approximate surface area is 106 Å². The van der Waals surface area contributed by atoms with Gasteiger partial charge in [-0.05, 0) is 24.1 Å². The molecule has 1 rings (SSSR count). The number of nitrogens with one attached hydrogen (secondary N) is 2. The minimum atomic E-state index is -0.671. The minimum Gasteiger partial charge on any atom is -0.348 e. The molecule has 0 saturated carbocycles. The lowest BCUT2D eigenvalue weighted by Gasteiger charge is -2.06. The first kappa shape index (κ1) is 14.2. The molecular formula is C13H17FN2O2. The molecule has 0 aliphatic rings. The van der Waals surface area contributed by atoms with Crippen LogP contribution >= 0.6 is 0 Å². The summed E-state index contributed by atoms with van der Waals surface area (Å²) < 4.78 is 12.6. The van der Waals surface area contributed by atoms with Crippen LogP contribution in [-0.2, 0) is 16.1 Å². The van der Waals surface area contributed by atoms with E-state index in [9.17, 15) is 14.0 Å². The van der Waals surface area contributed by atoms with Crippen molar-refractivity contribution >= 4 is 11.8 Å². The predicted molar refractivity (Wildman–Crippen MR) is 66.2 cm³/mol. The molecule has 0 spiro atoms. The monoisotopic (exact) mass is 252 g/mol. The van der Waals surface area contributed by atoms with Crippen LogP contribution in [0.1, 0.15) is 25.3 Å². The van der Waals surface area contributed by atoms with Crippen molar-refractivity contribution < 1.29 is 14.0 Å². The third-order valence-corrected chi connectivity index (χ3v) is 2.39. The van der Waals surface area contributed by atoms with Crippen LogP contribution in [0, 0.1) is 5.82 Å². The molecule has 0 aliphatic heterocycles. The number of unbranched alkanes of at least 4 members (excludes halogenated alkanes) is 1. The van der Waals surface area contributed by atoms with Gasteiger partial charge in [-0.25, -0.2) is 4.39 Å². The molecule has 0 aliphatic carbocycles. The topological polar surface area (TPSA) is 58.2 Å². The van der Waals surface area contributed by atoms with E-state index in [1.54, 1.807) is 12.1 Å². The Bertz CT molecular complexity index is 404. The zero-order chi connectivity index (χ0) is 13.4. The SMILES string of the molecule is CCCCNC(=O)C(=O)NCc1ccc(F)cc1. The number of hydrogen-bond acceptors (Lipinski definition) is 2. The van der Waals surface area contributed by atoms with Crippen molar-refractivity contribution in [3.63, 3.8) is 0 Å². The van der Waals surface area contributed by atoms with E-state index in [-0.39, 0.29) is 12.4 Å². The molecule has 4 nitrogen and oxygen atoms in total. The number of rotatable bonds is 5. The van der Waals surface area contributed by atoms with Crippen LogP contribution in [0.15, 0.2) is 24.3 Å². The standard InChI is InChI=1S/C13H17FN2O2/c1-2-3-8-15-12(17)13(18)16-9-10-4-6-11(14)7-5-10/h4-7H,2-3,8-9H2,1H3,(H,15,17)(H,16,18). The van der Waals surface area contributed by atoms with Gasteiger partial charge in [0.15, 0.2) is 0 Å². The fraction of sp³-hybridized carbons (Fsp3) is 0.385. The lowest BCUT2D eigenvalue weighted by atomic mass is 10.2. The molecule has 98 valence electrons. The van der Waals surface area contributed by atoms with Crippen LogP contribution < -0.4 is 10.6 Å². The molecule has 0 fully saturated rings. The highest BCUT2D eigenvalue weighted by atomic mass is 19.1. The Morgan fingerprint density at radius 2 is 1.72 bits per heavy atom. The second-order valence-corrected chi connectivity index (χ2v) is 3.92. The third-order valence-electron chi connectivity index (χ3n) is 2.39. The van der Waals surface area contributed by atoms with Gasteiger partial charge < -0.3 is 10.6 Å². The highest BCUT2D eigenvalue weighted by Crippen LogP contribution is 2.01. The quantitative estimate of drug-likeness (QED) is 0.614. The van der Waals surface area contributed by atoms with Gasteiger partial charge in [-0.15, -0.1) is 0 Å². The van der Waals surface area contributed by atoms with Crippen LogP contribution in [0.4, 0.5) is 4.39 Å². The molecule has 0 unspecified atom stereocenters. The van der Waals surface area contributed by atoms with Crippen molar-refractivity contribution in [2.24, 2.45) is 0 Å². The molecular weight excluding hydrogens is 235 g/mol. The summed E-state index contributed by atoms with van der Waals surface area (Å²) in [6.45, 7) is 2.71. The fourth-order valence-electron chi connectivity index (χ4n) is 1.32. The summed E-state index contributed by atoms with van der Waals surface area (Å²) in [6.07, 6.45) is 1.80. The van der Waals surface area contributed by atoms with Gasteiger partial charge in [-0.2, -0.15) is 0 Å². The molecule has 0 bridgehead atoms. The van der Waals surface area contributed by atoms with Gasteiger partial charge in [0, 0.05) is 13.1 Å². The van der Waals surface area contributed by atoms with Crippen molar-refractivity contribution in [2.75, 3.05) is 6.54 Å². The van der Waals surface area contributed by atoms with Crippen molar-refractivity contribution in [2.45, 2.75) is 26.3 Å². The van der Waals surface area contributed by atoms with Crippen molar-refractivity contribution in [3.05, 3.63) is 35.6 Å². The summed E-state index contributed by atoms with van der Waals surface area (Å²) in [5.41, 5.74) is 0.742. The molecule has 0 saturated heterocycles. The largest absolute Gasteiger partial charge is 0.348 e. The van der Waals surface area contributed by atoms with E-state index >= 15 is 0 Å². The highest BCUT2D eigenvalue weighted by molar-refractivity contribution is 6.35. The summed E-state index contributed by atoms with van der Waals surface area (Å²) >= 11 is 0. The van der Waals surface area contributed by atoms with Crippen molar-refractivity contribution in [1.29, 1.82) is 0 Å². The fourth-order valence-corrected chi connectivity index (χ4v) is 1.32. The van der Waals surface area contributed by atoms with Gasteiger partial charge in [-0.3, -0.25) is 9.59 Å². The second kappa shape index (κ2) is 7.42. The van der Waals surface area contributed by atoms with E-state index in [0.29, 0.717) is 6.54 Å². The minimum absolute atomic E-state index is 0.209. The molecule has 1 aromatic rings. The van der Waals surface area contributed by atoms with Crippen LogP contribution in [0.5, 0.6) is 0 Å². The molecule has 1 aromatic carbocycles. The lowest BCUT2D eigenvalue weighted by molar-refractivity contribution is -0.139. The van der Waals surface area contributed by atoms with E-state index < -0.39 is 11.8 Å². The van der Waals surface area contributed by atoms with Gasteiger partial charge in [-0.1, -0.05) is 25.5 Å². The molecule has 0 atom stereocenters. The number of benzene rings is 1. The van der Waals surface area contributed by atoms with E-state index in [1.165, 1.54) is 12.1 Å². The van der Waals surface area contributed by atoms with E-state index in [1.807, 2.05) is 6.92 Å².